The number of hydrogen-bond acceptors (Lipinski definition) is 3. The second-order valence-corrected chi connectivity index (χ2v) is 5.42. The van der Waals surface area contributed by atoms with Crippen molar-refractivity contribution in [3.8, 4) is 0 Å². The molecule has 1 atom stereocenters. The second kappa shape index (κ2) is 4.81. The molecule has 2 N–H and O–H groups in total. The van der Waals surface area contributed by atoms with E-state index < -0.39 is 0 Å². The van der Waals surface area contributed by atoms with Crippen LogP contribution in [0.1, 0.15) is 32.1 Å². The van der Waals surface area contributed by atoms with E-state index in [1.807, 2.05) is 0 Å². The van der Waals surface area contributed by atoms with Crippen molar-refractivity contribution in [2.75, 3.05) is 33.3 Å². The molecule has 1 saturated heterocycles. The molecule has 0 amide bonds. The zero-order valence-electron chi connectivity index (χ0n) is 9.84. The highest BCUT2D eigenvalue weighted by atomic mass is 16.3. The lowest BCUT2D eigenvalue weighted by Gasteiger charge is -2.33. The van der Waals surface area contributed by atoms with E-state index in [1.165, 1.54) is 38.6 Å². The largest absolute Gasteiger partial charge is 0.396 e. The van der Waals surface area contributed by atoms with Gasteiger partial charge >= 0.3 is 0 Å². The average Bonchev–Trinajstić information content (AvgIpc) is 3.02. The fourth-order valence-electron chi connectivity index (χ4n) is 2.47. The van der Waals surface area contributed by atoms with Gasteiger partial charge in [-0.1, -0.05) is 6.42 Å². The first-order valence-corrected chi connectivity index (χ1v) is 6.28. The predicted octanol–water partition coefficient (Wildman–Crippen LogP) is 0.833. The average molecular weight is 212 g/mol. The van der Waals surface area contributed by atoms with Crippen molar-refractivity contribution in [3.05, 3.63) is 0 Å². The summed E-state index contributed by atoms with van der Waals surface area (Å²) in [6, 6.07) is 0.716. The van der Waals surface area contributed by atoms with Crippen LogP contribution >= 0.6 is 0 Å². The number of piperidine rings is 1. The Kier molecular flexibility index (Phi) is 3.65. The van der Waals surface area contributed by atoms with E-state index in [-0.39, 0.29) is 5.41 Å². The molecule has 2 fully saturated rings. The molecule has 88 valence electrons. The van der Waals surface area contributed by atoms with Crippen molar-refractivity contribution in [2.24, 2.45) is 5.41 Å². The van der Waals surface area contributed by atoms with Crippen molar-refractivity contribution in [3.63, 3.8) is 0 Å². The maximum Gasteiger partial charge on any atom is 0.0499 e. The number of likely N-dealkylation sites (N-methyl/N-ethyl adjacent to an activating group) is 1. The van der Waals surface area contributed by atoms with Gasteiger partial charge in [-0.25, -0.2) is 0 Å². The summed E-state index contributed by atoms with van der Waals surface area (Å²) in [4.78, 5) is 2.47. The van der Waals surface area contributed by atoms with Crippen molar-refractivity contribution < 1.29 is 5.11 Å². The molecule has 3 heteroatoms. The van der Waals surface area contributed by atoms with Gasteiger partial charge in [0, 0.05) is 31.2 Å². The first kappa shape index (κ1) is 11.4. The van der Waals surface area contributed by atoms with Crippen LogP contribution in [0.4, 0.5) is 0 Å². The monoisotopic (exact) mass is 212 g/mol. The summed E-state index contributed by atoms with van der Waals surface area (Å²) >= 11 is 0. The third kappa shape index (κ3) is 2.92. The molecule has 1 unspecified atom stereocenters. The number of nitrogens with zero attached hydrogens (tertiary/aromatic N) is 1. The fourth-order valence-corrected chi connectivity index (χ4v) is 2.47. The van der Waals surface area contributed by atoms with Gasteiger partial charge in [0.25, 0.3) is 0 Å². The van der Waals surface area contributed by atoms with Crippen molar-refractivity contribution in [1.29, 1.82) is 0 Å². The third-order valence-electron chi connectivity index (χ3n) is 4.09. The van der Waals surface area contributed by atoms with Gasteiger partial charge in [0.2, 0.25) is 0 Å². The second-order valence-electron chi connectivity index (χ2n) is 5.42. The zero-order chi connectivity index (χ0) is 10.7. The van der Waals surface area contributed by atoms with E-state index in [0.717, 1.165) is 13.1 Å². The molecule has 0 spiro atoms. The summed E-state index contributed by atoms with van der Waals surface area (Å²) in [5, 5.41) is 12.7. The first-order chi connectivity index (χ1) is 7.26. The third-order valence-corrected chi connectivity index (χ3v) is 4.09. The Labute approximate surface area is 92.8 Å². The van der Waals surface area contributed by atoms with Crippen molar-refractivity contribution >= 4 is 0 Å². The topological polar surface area (TPSA) is 35.5 Å². The molecule has 1 heterocycles. The Balaban J connectivity index is 1.64. The maximum absolute atomic E-state index is 9.20. The number of aliphatic hydroxyl groups excluding tert-OH is 1. The Morgan fingerprint density at radius 2 is 2.20 bits per heavy atom. The molecule has 0 bridgehead atoms. The summed E-state index contributed by atoms with van der Waals surface area (Å²) in [7, 11) is 2.23. The molecule has 0 aromatic rings. The number of aliphatic hydroxyl groups is 1. The molecular formula is C12H24N2O. The quantitative estimate of drug-likeness (QED) is 0.708. The number of hydrogen-bond donors (Lipinski definition) is 2. The molecule has 15 heavy (non-hydrogen) atoms. The van der Waals surface area contributed by atoms with Crippen LogP contribution in [0.3, 0.4) is 0 Å². The van der Waals surface area contributed by atoms with Gasteiger partial charge in [-0.05, 0) is 39.3 Å². The lowest BCUT2D eigenvalue weighted by molar-refractivity contribution is 0.170. The minimum Gasteiger partial charge on any atom is -0.396 e. The Hall–Kier alpha value is -0.120. The molecule has 2 aliphatic rings. The van der Waals surface area contributed by atoms with Gasteiger partial charge in [0.05, 0.1) is 0 Å². The summed E-state index contributed by atoms with van der Waals surface area (Å²) in [5.74, 6) is 0. The van der Waals surface area contributed by atoms with E-state index in [0.29, 0.717) is 12.6 Å². The summed E-state index contributed by atoms with van der Waals surface area (Å²) < 4.78 is 0. The van der Waals surface area contributed by atoms with E-state index in [4.69, 9.17) is 0 Å². The molecule has 0 aromatic carbocycles. The van der Waals surface area contributed by atoms with Crippen molar-refractivity contribution in [1.82, 2.24) is 10.2 Å². The van der Waals surface area contributed by atoms with Gasteiger partial charge in [-0.3, -0.25) is 0 Å². The molecule has 1 saturated carbocycles. The standard InChI is InChI=1S/C12H24N2O/c1-14-7-3-2-4-11(14)8-13-9-12(10-15)5-6-12/h11,13,15H,2-10H2,1H3. The molecule has 3 nitrogen and oxygen atoms in total. The predicted molar refractivity (Wildman–Crippen MR) is 61.9 cm³/mol. The number of nitrogens with one attached hydrogen (secondary N) is 1. The summed E-state index contributed by atoms with van der Waals surface area (Å²) in [5.41, 5.74) is 0.257. The van der Waals surface area contributed by atoms with E-state index in [2.05, 4.69) is 17.3 Å². The Morgan fingerprint density at radius 3 is 2.80 bits per heavy atom. The van der Waals surface area contributed by atoms with E-state index >= 15 is 0 Å². The SMILES string of the molecule is CN1CCCCC1CNCC1(CO)CC1. The first-order valence-electron chi connectivity index (χ1n) is 6.28. The van der Waals surface area contributed by atoms with Crippen LogP contribution < -0.4 is 5.32 Å². The van der Waals surface area contributed by atoms with Crippen LogP contribution in [-0.4, -0.2) is 49.3 Å². The lowest BCUT2D eigenvalue weighted by atomic mass is 10.0. The highest BCUT2D eigenvalue weighted by molar-refractivity contribution is 4.94. The highest BCUT2D eigenvalue weighted by Crippen LogP contribution is 2.44. The minimum absolute atomic E-state index is 0.257. The normalized spacial score (nSPS) is 30.4. The lowest BCUT2D eigenvalue weighted by Crippen LogP contribution is -2.44. The fraction of sp³-hybridized carbons (Fsp3) is 1.00. The Bertz CT molecular complexity index is 204. The van der Waals surface area contributed by atoms with Gasteiger partial charge in [0.1, 0.15) is 0 Å². The molecule has 0 aromatic heterocycles. The van der Waals surface area contributed by atoms with E-state index in [9.17, 15) is 5.11 Å². The summed E-state index contributed by atoms with van der Waals surface area (Å²) in [6.07, 6.45) is 6.47. The van der Waals surface area contributed by atoms with Crippen molar-refractivity contribution in [2.45, 2.75) is 38.1 Å². The Morgan fingerprint density at radius 1 is 1.40 bits per heavy atom. The van der Waals surface area contributed by atoms with Crippen LogP contribution in [0.25, 0.3) is 0 Å². The van der Waals surface area contributed by atoms with Crippen LogP contribution in [0.2, 0.25) is 0 Å². The summed E-state index contributed by atoms with van der Waals surface area (Å²) in [6.45, 7) is 3.71. The van der Waals surface area contributed by atoms with Crippen LogP contribution in [-0.2, 0) is 0 Å². The smallest absolute Gasteiger partial charge is 0.0499 e. The van der Waals surface area contributed by atoms with Crippen LogP contribution in [0.5, 0.6) is 0 Å². The molecular weight excluding hydrogens is 188 g/mol. The van der Waals surface area contributed by atoms with Gasteiger partial charge in [-0.2, -0.15) is 0 Å². The minimum atomic E-state index is 0.257. The van der Waals surface area contributed by atoms with E-state index in [1.54, 1.807) is 0 Å². The van der Waals surface area contributed by atoms with Gasteiger partial charge in [0.15, 0.2) is 0 Å². The molecule has 0 radical (unpaired) electrons. The number of likely N-dealkylation sites (tertiary alicyclic amines) is 1. The van der Waals surface area contributed by atoms with Crippen LogP contribution in [0, 0.1) is 5.41 Å². The zero-order valence-corrected chi connectivity index (χ0v) is 9.84. The number of rotatable bonds is 5. The molecule has 2 rings (SSSR count). The van der Waals surface area contributed by atoms with Gasteiger partial charge in [-0.15, -0.1) is 0 Å². The molecule has 1 aliphatic heterocycles. The maximum atomic E-state index is 9.20. The molecule has 1 aliphatic carbocycles. The van der Waals surface area contributed by atoms with Crippen LogP contribution in [0.15, 0.2) is 0 Å². The van der Waals surface area contributed by atoms with Gasteiger partial charge < -0.3 is 15.3 Å². The highest BCUT2D eigenvalue weighted by Gasteiger charge is 2.41.